The standard InChI is InChI=1S/C12H19N3O2S/c1-10(12-6-2-3-7-14-12)18(16,17)15-8-4-5-11(13)9-15/h2-3,6-7,10-11H,4-5,8-9,13H2,1H3/t10-,11+/m1/s1. The van der Waals surface area contributed by atoms with Crippen LogP contribution in [-0.2, 0) is 10.0 Å². The quantitative estimate of drug-likeness (QED) is 0.884. The lowest BCUT2D eigenvalue weighted by Crippen LogP contribution is -2.46. The molecular weight excluding hydrogens is 250 g/mol. The maximum Gasteiger partial charge on any atom is 0.222 e. The molecule has 0 amide bonds. The molecule has 100 valence electrons. The fraction of sp³-hybridized carbons (Fsp3) is 0.583. The van der Waals surface area contributed by atoms with Crippen LogP contribution in [0.1, 0.15) is 30.7 Å². The predicted octanol–water partition coefficient (Wildman–Crippen LogP) is 0.896. The van der Waals surface area contributed by atoms with Gasteiger partial charge in [-0.2, -0.15) is 4.31 Å². The van der Waals surface area contributed by atoms with E-state index in [1.165, 1.54) is 4.31 Å². The van der Waals surface area contributed by atoms with Gasteiger partial charge in [0.15, 0.2) is 0 Å². The van der Waals surface area contributed by atoms with Gasteiger partial charge in [-0.05, 0) is 31.9 Å². The van der Waals surface area contributed by atoms with E-state index in [-0.39, 0.29) is 6.04 Å². The molecule has 0 aliphatic carbocycles. The van der Waals surface area contributed by atoms with Gasteiger partial charge in [0.2, 0.25) is 10.0 Å². The Morgan fingerprint density at radius 3 is 2.89 bits per heavy atom. The van der Waals surface area contributed by atoms with Gasteiger partial charge in [0.05, 0.1) is 5.69 Å². The molecule has 5 nitrogen and oxygen atoms in total. The Bertz CT molecular complexity index is 489. The summed E-state index contributed by atoms with van der Waals surface area (Å²) in [6.45, 7) is 2.66. The first-order valence-corrected chi connectivity index (χ1v) is 7.67. The van der Waals surface area contributed by atoms with Gasteiger partial charge >= 0.3 is 0 Å². The van der Waals surface area contributed by atoms with Crippen LogP contribution in [0, 0.1) is 0 Å². The van der Waals surface area contributed by atoms with E-state index in [9.17, 15) is 8.42 Å². The molecule has 1 aromatic heterocycles. The Hall–Kier alpha value is -0.980. The fourth-order valence-corrected chi connectivity index (χ4v) is 3.87. The molecule has 1 aliphatic heterocycles. The Morgan fingerprint density at radius 1 is 1.50 bits per heavy atom. The van der Waals surface area contributed by atoms with E-state index in [1.807, 2.05) is 0 Å². The second kappa shape index (κ2) is 5.34. The van der Waals surface area contributed by atoms with Gasteiger partial charge in [0.25, 0.3) is 0 Å². The molecule has 2 rings (SSSR count). The van der Waals surface area contributed by atoms with E-state index in [2.05, 4.69) is 4.98 Å². The van der Waals surface area contributed by atoms with Gasteiger partial charge in [-0.15, -0.1) is 0 Å². The van der Waals surface area contributed by atoms with Crippen LogP contribution in [0.3, 0.4) is 0 Å². The van der Waals surface area contributed by atoms with E-state index in [0.717, 1.165) is 12.8 Å². The SMILES string of the molecule is C[C@H](c1ccccn1)S(=O)(=O)N1CCC[C@H](N)C1. The van der Waals surface area contributed by atoms with Crippen molar-refractivity contribution in [1.82, 2.24) is 9.29 Å². The summed E-state index contributed by atoms with van der Waals surface area (Å²) in [5.74, 6) is 0. The van der Waals surface area contributed by atoms with Crippen LogP contribution in [0.4, 0.5) is 0 Å². The van der Waals surface area contributed by atoms with E-state index in [4.69, 9.17) is 5.73 Å². The molecule has 2 N–H and O–H groups in total. The summed E-state index contributed by atoms with van der Waals surface area (Å²) in [7, 11) is -3.36. The van der Waals surface area contributed by atoms with Crippen LogP contribution in [0.2, 0.25) is 0 Å². The van der Waals surface area contributed by atoms with Crippen LogP contribution < -0.4 is 5.73 Å². The molecule has 6 heteroatoms. The topological polar surface area (TPSA) is 76.3 Å². The van der Waals surface area contributed by atoms with Crippen molar-refractivity contribution >= 4 is 10.0 Å². The molecular formula is C12H19N3O2S. The third-order valence-electron chi connectivity index (χ3n) is 3.33. The number of hydrogen-bond acceptors (Lipinski definition) is 4. The van der Waals surface area contributed by atoms with Crippen molar-refractivity contribution < 1.29 is 8.42 Å². The van der Waals surface area contributed by atoms with Gasteiger partial charge in [0.1, 0.15) is 5.25 Å². The largest absolute Gasteiger partial charge is 0.327 e. The Morgan fingerprint density at radius 2 is 2.28 bits per heavy atom. The summed E-state index contributed by atoms with van der Waals surface area (Å²) in [6.07, 6.45) is 3.34. The molecule has 0 spiro atoms. The highest BCUT2D eigenvalue weighted by atomic mass is 32.2. The van der Waals surface area contributed by atoms with Gasteiger partial charge in [-0.1, -0.05) is 6.07 Å². The van der Waals surface area contributed by atoms with Crippen molar-refractivity contribution in [2.45, 2.75) is 31.1 Å². The van der Waals surface area contributed by atoms with Crippen molar-refractivity contribution in [1.29, 1.82) is 0 Å². The monoisotopic (exact) mass is 269 g/mol. The summed E-state index contributed by atoms with van der Waals surface area (Å²) in [5.41, 5.74) is 6.42. The van der Waals surface area contributed by atoms with Crippen molar-refractivity contribution in [2.75, 3.05) is 13.1 Å². The molecule has 18 heavy (non-hydrogen) atoms. The molecule has 0 bridgehead atoms. The lowest BCUT2D eigenvalue weighted by atomic mass is 10.1. The lowest BCUT2D eigenvalue weighted by Gasteiger charge is -2.31. The zero-order valence-electron chi connectivity index (χ0n) is 10.5. The van der Waals surface area contributed by atoms with Gasteiger partial charge in [-0.3, -0.25) is 4.98 Å². The minimum Gasteiger partial charge on any atom is -0.327 e. The summed E-state index contributed by atoms with van der Waals surface area (Å²) >= 11 is 0. The summed E-state index contributed by atoms with van der Waals surface area (Å²) in [4.78, 5) is 4.12. The Labute approximate surface area is 108 Å². The summed E-state index contributed by atoms with van der Waals surface area (Å²) in [6, 6.07) is 5.27. The number of aromatic nitrogens is 1. The molecule has 1 aliphatic rings. The van der Waals surface area contributed by atoms with Crippen molar-refractivity contribution in [3.8, 4) is 0 Å². The first-order valence-electron chi connectivity index (χ1n) is 6.17. The number of pyridine rings is 1. The molecule has 0 aromatic carbocycles. The number of rotatable bonds is 3. The zero-order valence-corrected chi connectivity index (χ0v) is 11.3. The highest BCUT2D eigenvalue weighted by molar-refractivity contribution is 7.89. The minimum atomic E-state index is -3.36. The van der Waals surface area contributed by atoms with E-state index >= 15 is 0 Å². The van der Waals surface area contributed by atoms with Crippen molar-refractivity contribution in [3.05, 3.63) is 30.1 Å². The summed E-state index contributed by atoms with van der Waals surface area (Å²) < 4.78 is 26.4. The summed E-state index contributed by atoms with van der Waals surface area (Å²) in [5, 5.41) is -0.621. The second-order valence-corrected chi connectivity index (χ2v) is 6.96. The molecule has 0 unspecified atom stereocenters. The normalized spacial score (nSPS) is 23.8. The third kappa shape index (κ3) is 2.71. The van der Waals surface area contributed by atoms with E-state index in [0.29, 0.717) is 18.8 Å². The van der Waals surface area contributed by atoms with E-state index in [1.54, 1.807) is 31.3 Å². The van der Waals surface area contributed by atoms with Crippen molar-refractivity contribution in [3.63, 3.8) is 0 Å². The molecule has 2 atom stereocenters. The highest BCUT2D eigenvalue weighted by Crippen LogP contribution is 2.25. The molecule has 1 fully saturated rings. The number of nitrogens with zero attached hydrogens (tertiary/aromatic N) is 2. The number of piperidine rings is 1. The Balaban J connectivity index is 2.20. The first-order chi connectivity index (χ1) is 8.51. The van der Waals surface area contributed by atoms with Gasteiger partial charge < -0.3 is 5.73 Å². The van der Waals surface area contributed by atoms with Gasteiger partial charge in [0, 0.05) is 25.3 Å². The molecule has 0 radical (unpaired) electrons. The molecule has 0 saturated carbocycles. The fourth-order valence-electron chi connectivity index (χ4n) is 2.20. The van der Waals surface area contributed by atoms with Crippen LogP contribution in [-0.4, -0.2) is 36.8 Å². The Kier molecular flexibility index (Phi) is 3.99. The molecule has 1 saturated heterocycles. The molecule has 1 aromatic rings. The zero-order chi connectivity index (χ0) is 13.2. The minimum absolute atomic E-state index is 0.0514. The van der Waals surface area contributed by atoms with Gasteiger partial charge in [-0.25, -0.2) is 8.42 Å². The number of sulfonamides is 1. The van der Waals surface area contributed by atoms with Crippen LogP contribution in [0.25, 0.3) is 0 Å². The van der Waals surface area contributed by atoms with E-state index < -0.39 is 15.3 Å². The average Bonchev–Trinajstić information content (AvgIpc) is 2.39. The lowest BCUT2D eigenvalue weighted by molar-refractivity contribution is 0.313. The molecule has 2 heterocycles. The number of nitrogens with two attached hydrogens (primary N) is 1. The first kappa shape index (κ1) is 13.5. The van der Waals surface area contributed by atoms with Crippen LogP contribution >= 0.6 is 0 Å². The average molecular weight is 269 g/mol. The maximum atomic E-state index is 12.5. The second-order valence-electron chi connectivity index (χ2n) is 4.70. The highest BCUT2D eigenvalue weighted by Gasteiger charge is 2.33. The number of hydrogen-bond donors (Lipinski definition) is 1. The smallest absolute Gasteiger partial charge is 0.222 e. The maximum absolute atomic E-state index is 12.5. The van der Waals surface area contributed by atoms with Crippen molar-refractivity contribution in [2.24, 2.45) is 5.73 Å². The predicted molar refractivity (Wildman–Crippen MR) is 70.4 cm³/mol. The van der Waals surface area contributed by atoms with Crippen LogP contribution in [0.15, 0.2) is 24.4 Å². The van der Waals surface area contributed by atoms with Crippen LogP contribution in [0.5, 0.6) is 0 Å². The third-order valence-corrected chi connectivity index (χ3v) is 5.52.